The first-order valence-corrected chi connectivity index (χ1v) is 9.02. The Balaban J connectivity index is 2.05. The van der Waals surface area contributed by atoms with Crippen LogP contribution < -0.4 is 10.6 Å². The van der Waals surface area contributed by atoms with Gasteiger partial charge in [-0.2, -0.15) is 0 Å². The van der Waals surface area contributed by atoms with Gasteiger partial charge < -0.3 is 10.6 Å². The van der Waals surface area contributed by atoms with Gasteiger partial charge in [-0.3, -0.25) is 9.69 Å². The second kappa shape index (κ2) is 9.26. The van der Waals surface area contributed by atoms with Gasteiger partial charge in [-0.1, -0.05) is 43.6 Å². The number of rotatable bonds is 7. The maximum absolute atomic E-state index is 12.4. The number of benzene rings is 1. The molecule has 0 saturated carbocycles. The van der Waals surface area contributed by atoms with Crippen molar-refractivity contribution in [1.82, 2.24) is 15.5 Å². The minimum atomic E-state index is 0.0901. The summed E-state index contributed by atoms with van der Waals surface area (Å²) >= 11 is 6.39. The van der Waals surface area contributed by atoms with Gasteiger partial charge in [0.25, 0.3) is 0 Å². The molecule has 4 nitrogen and oxygen atoms in total. The van der Waals surface area contributed by atoms with Gasteiger partial charge in [0.15, 0.2) is 0 Å². The quantitative estimate of drug-likeness (QED) is 0.804. The van der Waals surface area contributed by atoms with Crippen LogP contribution >= 0.6 is 11.6 Å². The normalized spacial score (nSPS) is 19.6. The van der Waals surface area contributed by atoms with E-state index in [9.17, 15) is 4.79 Å². The first-order valence-electron chi connectivity index (χ1n) is 8.64. The van der Waals surface area contributed by atoms with Crippen LogP contribution in [0.5, 0.6) is 0 Å². The molecule has 1 aliphatic rings. The lowest BCUT2D eigenvalue weighted by atomic mass is 9.98. The highest BCUT2D eigenvalue weighted by Gasteiger charge is 2.24. The number of carbonyl (C=O) groups is 1. The number of halogens is 1. The van der Waals surface area contributed by atoms with Crippen molar-refractivity contribution in [3.05, 3.63) is 34.9 Å². The van der Waals surface area contributed by atoms with Crippen molar-refractivity contribution in [1.29, 1.82) is 0 Å². The van der Waals surface area contributed by atoms with Crippen LogP contribution in [0.2, 0.25) is 5.02 Å². The third-order valence-corrected chi connectivity index (χ3v) is 5.00. The summed E-state index contributed by atoms with van der Waals surface area (Å²) in [5, 5.41) is 7.21. The van der Waals surface area contributed by atoms with Crippen molar-refractivity contribution in [2.75, 3.05) is 32.7 Å². The minimum absolute atomic E-state index is 0.0901. The van der Waals surface area contributed by atoms with Crippen LogP contribution in [0.25, 0.3) is 0 Å². The molecule has 1 heterocycles. The van der Waals surface area contributed by atoms with Crippen LogP contribution in [0.15, 0.2) is 24.3 Å². The maximum Gasteiger partial charge on any atom is 0.224 e. The Labute approximate surface area is 144 Å². The molecule has 1 saturated heterocycles. The van der Waals surface area contributed by atoms with Crippen molar-refractivity contribution < 1.29 is 4.79 Å². The van der Waals surface area contributed by atoms with E-state index in [4.69, 9.17) is 11.6 Å². The van der Waals surface area contributed by atoms with Crippen LogP contribution in [-0.2, 0) is 4.79 Å². The van der Waals surface area contributed by atoms with Gasteiger partial charge in [0.1, 0.15) is 0 Å². The Morgan fingerprint density at radius 3 is 2.74 bits per heavy atom. The average Bonchev–Trinajstić information content (AvgIpc) is 2.60. The topological polar surface area (TPSA) is 44.4 Å². The summed E-state index contributed by atoms with van der Waals surface area (Å²) in [5.41, 5.74) is 1.08. The van der Waals surface area contributed by atoms with Crippen LogP contribution in [-0.4, -0.2) is 43.5 Å². The van der Waals surface area contributed by atoms with E-state index in [0.717, 1.165) is 49.6 Å². The van der Waals surface area contributed by atoms with E-state index in [1.807, 2.05) is 18.2 Å². The molecule has 1 fully saturated rings. The molecule has 5 heteroatoms. The zero-order valence-electron chi connectivity index (χ0n) is 14.1. The van der Waals surface area contributed by atoms with Crippen LogP contribution in [0.4, 0.5) is 0 Å². The molecule has 1 aromatic carbocycles. The number of hydrogen-bond acceptors (Lipinski definition) is 3. The predicted octanol–water partition coefficient (Wildman–Crippen LogP) is 2.84. The molecule has 1 aliphatic heterocycles. The third-order valence-electron chi connectivity index (χ3n) is 4.65. The fourth-order valence-corrected chi connectivity index (χ4v) is 3.52. The number of amides is 1. The van der Waals surface area contributed by atoms with Crippen molar-refractivity contribution in [3.8, 4) is 0 Å². The predicted molar refractivity (Wildman–Crippen MR) is 95.7 cm³/mol. The number of piperidine rings is 1. The summed E-state index contributed by atoms with van der Waals surface area (Å²) in [7, 11) is 0. The highest BCUT2D eigenvalue weighted by molar-refractivity contribution is 6.31. The average molecular weight is 338 g/mol. The molecule has 0 spiro atoms. The Morgan fingerprint density at radius 1 is 1.39 bits per heavy atom. The molecule has 2 N–H and O–H groups in total. The van der Waals surface area contributed by atoms with Gasteiger partial charge in [0.05, 0.1) is 12.0 Å². The van der Waals surface area contributed by atoms with Gasteiger partial charge in [0, 0.05) is 18.1 Å². The first kappa shape index (κ1) is 18.2. The third kappa shape index (κ3) is 4.93. The van der Waals surface area contributed by atoms with Gasteiger partial charge in [0.2, 0.25) is 5.91 Å². The van der Waals surface area contributed by atoms with Gasteiger partial charge >= 0.3 is 0 Å². The van der Waals surface area contributed by atoms with E-state index < -0.39 is 0 Å². The molecule has 0 aromatic heterocycles. The molecule has 2 rings (SSSR count). The smallest absolute Gasteiger partial charge is 0.224 e. The number of nitrogens with one attached hydrogen (secondary N) is 2. The van der Waals surface area contributed by atoms with E-state index in [2.05, 4.69) is 35.4 Å². The molecule has 128 valence electrons. The summed E-state index contributed by atoms with van der Waals surface area (Å²) in [4.78, 5) is 14.7. The molecule has 0 radical (unpaired) electrons. The molecule has 23 heavy (non-hydrogen) atoms. The molecule has 1 aromatic rings. The van der Waals surface area contributed by atoms with Crippen molar-refractivity contribution in [3.63, 3.8) is 0 Å². The number of hydrogen-bond donors (Lipinski definition) is 2. The standard InChI is InChI=1S/C18H28ClN3O/c1-3-22(4-2)17(15-9-5-6-10-16(15)19)13-21-18(23)14-8-7-11-20-12-14/h5-6,9-10,14,17,20H,3-4,7-8,11-13H2,1-2H3,(H,21,23). The second-order valence-electron chi connectivity index (χ2n) is 6.05. The molecule has 2 unspecified atom stereocenters. The minimum Gasteiger partial charge on any atom is -0.354 e. The van der Waals surface area contributed by atoms with E-state index in [0.29, 0.717) is 6.54 Å². The Morgan fingerprint density at radius 2 is 2.13 bits per heavy atom. The number of likely N-dealkylation sites (N-methyl/N-ethyl adjacent to an activating group) is 1. The van der Waals surface area contributed by atoms with Gasteiger partial charge in [-0.25, -0.2) is 0 Å². The zero-order valence-corrected chi connectivity index (χ0v) is 14.9. The van der Waals surface area contributed by atoms with Gasteiger partial charge in [-0.05, 0) is 44.1 Å². The van der Waals surface area contributed by atoms with E-state index >= 15 is 0 Å². The maximum atomic E-state index is 12.4. The molecular formula is C18H28ClN3O. The molecular weight excluding hydrogens is 310 g/mol. The van der Waals surface area contributed by atoms with Crippen molar-refractivity contribution in [2.24, 2.45) is 5.92 Å². The molecule has 1 amide bonds. The second-order valence-corrected chi connectivity index (χ2v) is 6.45. The summed E-state index contributed by atoms with van der Waals surface area (Å²) in [5.74, 6) is 0.244. The highest BCUT2D eigenvalue weighted by Crippen LogP contribution is 2.27. The fourth-order valence-electron chi connectivity index (χ4n) is 3.26. The molecule has 2 atom stereocenters. The monoisotopic (exact) mass is 337 g/mol. The number of carbonyl (C=O) groups excluding carboxylic acids is 1. The Kier molecular flexibility index (Phi) is 7.34. The van der Waals surface area contributed by atoms with Crippen LogP contribution in [0.3, 0.4) is 0 Å². The lowest BCUT2D eigenvalue weighted by Crippen LogP contribution is -2.44. The zero-order chi connectivity index (χ0) is 16.7. The van der Waals surface area contributed by atoms with Crippen molar-refractivity contribution in [2.45, 2.75) is 32.7 Å². The van der Waals surface area contributed by atoms with E-state index in [1.165, 1.54) is 0 Å². The molecule has 0 aliphatic carbocycles. The highest BCUT2D eigenvalue weighted by atomic mass is 35.5. The van der Waals surface area contributed by atoms with Crippen LogP contribution in [0.1, 0.15) is 38.3 Å². The van der Waals surface area contributed by atoms with E-state index in [1.54, 1.807) is 0 Å². The Bertz CT molecular complexity index is 499. The van der Waals surface area contributed by atoms with Crippen LogP contribution in [0, 0.1) is 5.92 Å². The first-order chi connectivity index (χ1) is 11.2. The van der Waals surface area contributed by atoms with Crippen molar-refractivity contribution >= 4 is 17.5 Å². The summed E-state index contributed by atoms with van der Waals surface area (Å²) in [6.45, 7) is 8.53. The summed E-state index contributed by atoms with van der Waals surface area (Å²) < 4.78 is 0. The lowest BCUT2D eigenvalue weighted by Gasteiger charge is -2.31. The fraction of sp³-hybridized carbons (Fsp3) is 0.611. The molecule has 0 bridgehead atoms. The summed E-state index contributed by atoms with van der Waals surface area (Å²) in [6.07, 6.45) is 2.04. The van der Waals surface area contributed by atoms with E-state index in [-0.39, 0.29) is 17.9 Å². The lowest BCUT2D eigenvalue weighted by molar-refractivity contribution is -0.125. The summed E-state index contributed by atoms with van der Waals surface area (Å²) in [6, 6.07) is 8.03. The van der Waals surface area contributed by atoms with Gasteiger partial charge in [-0.15, -0.1) is 0 Å². The Hall–Kier alpha value is -1.10. The largest absolute Gasteiger partial charge is 0.354 e. The SMILES string of the molecule is CCN(CC)C(CNC(=O)C1CCCNC1)c1ccccc1Cl. The number of nitrogens with zero attached hydrogens (tertiary/aromatic N) is 1.